The molecule has 12 heteroatoms. The number of likely N-dealkylation sites (N-methyl/N-ethyl adjacent to an activating group) is 1. The van der Waals surface area contributed by atoms with Gasteiger partial charge in [-0.15, -0.1) is 0 Å². The van der Waals surface area contributed by atoms with Crippen molar-refractivity contribution in [1.29, 1.82) is 0 Å². The highest BCUT2D eigenvalue weighted by molar-refractivity contribution is 5.83. The maximum absolute atomic E-state index is 13.3. The first kappa shape index (κ1) is 25.8. The van der Waals surface area contributed by atoms with Gasteiger partial charge in [-0.05, 0) is 38.2 Å². The number of carbonyl (C=O) groups excluding carboxylic acids is 1. The highest BCUT2D eigenvalue weighted by atomic mass is 16.5. The number of hydrogen-bond donors (Lipinski definition) is 3. The number of anilines is 1. The Bertz CT molecular complexity index is 1180. The van der Waals surface area contributed by atoms with Crippen LogP contribution in [0.2, 0.25) is 0 Å². The highest BCUT2D eigenvalue weighted by Crippen LogP contribution is 2.32. The van der Waals surface area contributed by atoms with Gasteiger partial charge >= 0.3 is 0 Å². The maximum atomic E-state index is 13.3. The Morgan fingerprint density at radius 3 is 2.53 bits per heavy atom. The zero-order chi connectivity index (χ0) is 26.0. The van der Waals surface area contributed by atoms with Crippen LogP contribution >= 0.6 is 0 Å². The lowest BCUT2D eigenvalue weighted by Gasteiger charge is -2.27. The van der Waals surface area contributed by atoms with Crippen molar-refractivity contribution >= 4 is 22.9 Å². The third kappa shape index (κ3) is 4.98. The van der Waals surface area contributed by atoms with Crippen molar-refractivity contribution in [3.63, 3.8) is 0 Å². The molecule has 0 aliphatic carbocycles. The molecule has 1 saturated heterocycles. The van der Waals surface area contributed by atoms with E-state index < -0.39 is 30.5 Å². The predicted octanol–water partition coefficient (Wildman–Crippen LogP) is -0.191. The normalized spacial score (nSPS) is 22.7. The minimum absolute atomic E-state index is 0.282. The first-order valence-corrected chi connectivity index (χ1v) is 11.6. The molecule has 2 unspecified atom stereocenters. The number of carbonyl (C=O) groups is 1. The smallest absolute Gasteiger partial charge is 0.238 e. The molecule has 3 aromatic rings. The van der Waals surface area contributed by atoms with Gasteiger partial charge in [0.05, 0.1) is 32.1 Å². The first-order chi connectivity index (χ1) is 17.2. The Morgan fingerprint density at radius 1 is 1.19 bits per heavy atom. The van der Waals surface area contributed by atoms with Crippen LogP contribution in [0.15, 0.2) is 36.9 Å². The van der Waals surface area contributed by atoms with Crippen LogP contribution < -0.4 is 15.0 Å². The van der Waals surface area contributed by atoms with Crippen LogP contribution in [0.3, 0.4) is 0 Å². The van der Waals surface area contributed by atoms with E-state index in [0.29, 0.717) is 23.4 Å². The van der Waals surface area contributed by atoms with Crippen LogP contribution in [0.25, 0.3) is 11.2 Å². The summed E-state index contributed by atoms with van der Waals surface area (Å²) in [5.41, 5.74) is 2.00. The van der Waals surface area contributed by atoms with E-state index in [1.165, 1.54) is 12.7 Å². The first-order valence-electron chi connectivity index (χ1n) is 11.6. The van der Waals surface area contributed by atoms with Crippen molar-refractivity contribution in [1.82, 2.24) is 29.7 Å². The lowest BCUT2D eigenvalue weighted by molar-refractivity contribution is -0.127. The van der Waals surface area contributed by atoms with Gasteiger partial charge in [-0.1, -0.05) is 12.1 Å². The number of ether oxygens (including phenoxy) is 2. The fraction of sp³-hybridized carbons (Fsp3) is 0.500. The molecule has 0 bridgehead atoms. The number of aromatic nitrogens is 4. The largest absolute Gasteiger partial charge is 0.497 e. The number of aliphatic hydroxyl groups is 2. The molecule has 36 heavy (non-hydrogen) atoms. The fourth-order valence-corrected chi connectivity index (χ4v) is 4.41. The van der Waals surface area contributed by atoms with E-state index in [0.717, 1.165) is 11.3 Å². The molecule has 1 amide bonds. The fourth-order valence-electron chi connectivity index (χ4n) is 4.41. The van der Waals surface area contributed by atoms with Crippen LogP contribution in [0.5, 0.6) is 5.75 Å². The Kier molecular flexibility index (Phi) is 7.69. The second-order valence-corrected chi connectivity index (χ2v) is 9.22. The molecular formula is C24H33N7O5. The zero-order valence-electron chi connectivity index (χ0n) is 21.1. The van der Waals surface area contributed by atoms with Gasteiger partial charge in [-0.2, -0.15) is 0 Å². The molecule has 12 nitrogen and oxygen atoms in total. The zero-order valence-corrected chi connectivity index (χ0v) is 21.1. The third-order valence-corrected chi connectivity index (χ3v) is 6.42. The number of imidazole rings is 1. The van der Waals surface area contributed by atoms with E-state index in [1.807, 2.05) is 62.3 Å². The topological polar surface area (TPSA) is 138 Å². The van der Waals surface area contributed by atoms with Crippen LogP contribution in [0.4, 0.5) is 5.82 Å². The van der Waals surface area contributed by atoms with Crippen LogP contribution in [-0.4, -0.2) is 107 Å². The molecule has 5 atom stereocenters. The van der Waals surface area contributed by atoms with Crippen molar-refractivity contribution in [2.24, 2.45) is 0 Å². The number of aliphatic hydroxyl groups excluding tert-OH is 2. The summed E-state index contributed by atoms with van der Waals surface area (Å²) < 4.78 is 12.8. The van der Waals surface area contributed by atoms with E-state index in [-0.39, 0.29) is 12.5 Å². The lowest BCUT2D eigenvalue weighted by atomic mass is 10.0. The van der Waals surface area contributed by atoms with Crippen LogP contribution in [0, 0.1) is 0 Å². The summed E-state index contributed by atoms with van der Waals surface area (Å²) in [4.78, 5) is 29.9. The molecule has 1 aliphatic heterocycles. The van der Waals surface area contributed by atoms with Gasteiger partial charge in [0.15, 0.2) is 23.2 Å². The Morgan fingerprint density at radius 2 is 1.92 bits per heavy atom. The quantitative estimate of drug-likeness (QED) is 0.363. The highest BCUT2D eigenvalue weighted by Gasteiger charge is 2.46. The van der Waals surface area contributed by atoms with Crippen molar-refractivity contribution in [3.05, 3.63) is 42.5 Å². The second-order valence-electron chi connectivity index (χ2n) is 9.22. The molecular weight excluding hydrogens is 466 g/mol. The lowest BCUT2D eigenvalue weighted by Crippen LogP contribution is -2.54. The number of hydrogen-bond acceptors (Lipinski definition) is 10. The molecule has 0 saturated carbocycles. The molecule has 194 valence electrons. The van der Waals surface area contributed by atoms with E-state index in [4.69, 9.17) is 9.47 Å². The van der Waals surface area contributed by atoms with E-state index in [2.05, 4.69) is 20.3 Å². The minimum atomic E-state index is -1.15. The summed E-state index contributed by atoms with van der Waals surface area (Å²) in [7, 11) is 8.94. The van der Waals surface area contributed by atoms with E-state index >= 15 is 0 Å². The molecule has 3 heterocycles. The summed E-state index contributed by atoms with van der Waals surface area (Å²) in [6.07, 6.45) is 0.527. The van der Waals surface area contributed by atoms with Gasteiger partial charge in [-0.3, -0.25) is 14.3 Å². The molecule has 4 rings (SSSR count). The van der Waals surface area contributed by atoms with Gasteiger partial charge in [-0.25, -0.2) is 15.0 Å². The van der Waals surface area contributed by atoms with Gasteiger partial charge < -0.3 is 29.9 Å². The molecule has 2 aromatic heterocycles. The molecule has 1 aromatic carbocycles. The number of benzene rings is 1. The summed E-state index contributed by atoms with van der Waals surface area (Å²) in [6, 6.07) is 6.18. The Labute approximate surface area is 209 Å². The van der Waals surface area contributed by atoms with Crippen molar-refractivity contribution in [2.45, 2.75) is 36.9 Å². The second kappa shape index (κ2) is 10.7. The van der Waals surface area contributed by atoms with Crippen molar-refractivity contribution in [3.8, 4) is 5.75 Å². The minimum Gasteiger partial charge on any atom is -0.497 e. The number of methoxy groups -OCH3 is 1. The van der Waals surface area contributed by atoms with Gasteiger partial charge in [0, 0.05) is 14.1 Å². The summed E-state index contributed by atoms with van der Waals surface area (Å²) in [6.45, 7) is -0.381. The summed E-state index contributed by atoms with van der Waals surface area (Å²) in [5.74, 6) is 1.08. The molecule has 0 spiro atoms. The standard InChI is InChI=1S/C24H33N7O5/c1-29(2)16(10-14-6-8-15(35-5)9-7-14)23(34)28-18-17(11-32)36-24(20(18)33)31-13-27-19-21(30(3)4)25-12-26-22(19)31/h6-9,12-13,16-18,20,24,32-33H,10-11H2,1-5H3,(H,28,34)/t16?,17-,18?,20-,24-/m1/s1. The number of rotatable bonds is 9. The predicted molar refractivity (Wildman–Crippen MR) is 133 cm³/mol. The summed E-state index contributed by atoms with van der Waals surface area (Å²) >= 11 is 0. The third-order valence-electron chi connectivity index (χ3n) is 6.42. The van der Waals surface area contributed by atoms with Crippen LogP contribution in [-0.2, 0) is 16.0 Å². The number of nitrogens with zero attached hydrogens (tertiary/aromatic N) is 6. The average Bonchev–Trinajstić information content (AvgIpc) is 3.43. The molecule has 3 N–H and O–H groups in total. The van der Waals surface area contributed by atoms with E-state index in [1.54, 1.807) is 11.7 Å². The van der Waals surface area contributed by atoms with E-state index in [9.17, 15) is 15.0 Å². The van der Waals surface area contributed by atoms with Gasteiger partial charge in [0.25, 0.3) is 0 Å². The SMILES string of the molecule is COc1ccc(CC(C(=O)NC2[C@@H](O)[C@H](n3cnc4c(N(C)C)ncnc43)O[C@@H]2CO)N(C)C)cc1. The average molecular weight is 500 g/mol. The van der Waals surface area contributed by atoms with Gasteiger partial charge in [0.1, 0.15) is 24.3 Å². The Hall–Kier alpha value is -3.32. The van der Waals surface area contributed by atoms with Crippen LogP contribution in [0.1, 0.15) is 11.8 Å². The number of nitrogens with one attached hydrogen (secondary N) is 1. The number of fused-ring (bicyclic) bond motifs is 1. The summed E-state index contributed by atoms with van der Waals surface area (Å²) in [5, 5.41) is 24.1. The Balaban J connectivity index is 1.54. The molecule has 1 fully saturated rings. The van der Waals surface area contributed by atoms with Gasteiger partial charge in [0.2, 0.25) is 5.91 Å². The molecule has 1 aliphatic rings. The van der Waals surface area contributed by atoms with Crippen molar-refractivity contribution < 1.29 is 24.5 Å². The monoisotopic (exact) mass is 499 g/mol. The maximum Gasteiger partial charge on any atom is 0.238 e. The van der Waals surface area contributed by atoms with Crippen molar-refractivity contribution in [2.75, 3.05) is 46.8 Å². The molecule has 0 radical (unpaired) electrons. The number of amides is 1.